The Balaban J connectivity index is 1.77. The zero-order valence-electron chi connectivity index (χ0n) is 23.1. The van der Waals surface area contributed by atoms with Crippen LogP contribution in [0.3, 0.4) is 0 Å². The van der Waals surface area contributed by atoms with E-state index in [-0.39, 0.29) is 6.03 Å². The van der Waals surface area contributed by atoms with Crippen LogP contribution in [0.25, 0.3) is 22.5 Å². The molecule has 38 heavy (non-hydrogen) atoms. The molecule has 0 atom stereocenters. The quantitative estimate of drug-likeness (QED) is 0.263. The second kappa shape index (κ2) is 11.9. The number of nitrogens with zero attached hydrogens (tertiary/aromatic N) is 5. The van der Waals surface area contributed by atoms with Crippen molar-refractivity contribution in [2.45, 2.75) is 34.6 Å². The van der Waals surface area contributed by atoms with Crippen LogP contribution in [-0.2, 0) is 0 Å². The molecule has 4 rings (SSSR count). The average Bonchev–Trinajstić information content (AvgIpc) is 3.43. The molecule has 8 heteroatoms. The molecular formula is C30H37N7O. The molecule has 0 saturated carbocycles. The number of aryl methyl sites for hydroxylation is 1. The van der Waals surface area contributed by atoms with E-state index >= 15 is 0 Å². The van der Waals surface area contributed by atoms with Gasteiger partial charge < -0.3 is 10.2 Å². The van der Waals surface area contributed by atoms with E-state index in [1.165, 1.54) is 0 Å². The molecule has 2 N–H and O–H groups in total. The molecule has 0 aliphatic carbocycles. The second-order valence-electron chi connectivity index (χ2n) is 10.5. The summed E-state index contributed by atoms with van der Waals surface area (Å²) in [6.07, 6.45) is 0. The van der Waals surface area contributed by atoms with E-state index in [0.29, 0.717) is 17.7 Å². The van der Waals surface area contributed by atoms with Crippen LogP contribution < -0.4 is 15.1 Å². The van der Waals surface area contributed by atoms with Crippen molar-refractivity contribution in [1.29, 1.82) is 0 Å². The van der Waals surface area contributed by atoms with Gasteiger partial charge in [-0.1, -0.05) is 75.7 Å². The summed E-state index contributed by atoms with van der Waals surface area (Å²) in [5, 5.41) is 17.8. The molecule has 0 unspecified atom stereocenters. The highest BCUT2D eigenvalue weighted by Gasteiger charge is 2.20. The number of nitrogens with one attached hydrogen (secondary N) is 2. The summed E-state index contributed by atoms with van der Waals surface area (Å²) in [5.74, 6) is 1.45. The number of rotatable bonds is 9. The average molecular weight is 512 g/mol. The number of tetrazole rings is 1. The number of hydrogen-bond acceptors (Lipinski definition) is 5. The van der Waals surface area contributed by atoms with Gasteiger partial charge in [0, 0.05) is 31.4 Å². The first-order valence-electron chi connectivity index (χ1n) is 13.1. The van der Waals surface area contributed by atoms with E-state index in [1.54, 1.807) is 11.9 Å². The predicted molar refractivity (Wildman–Crippen MR) is 156 cm³/mol. The molecular weight excluding hydrogens is 474 g/mol. The second-order valence-corrected chi connectivity index (χ2v) is 10.5. The third-order valence-electron chi connectivity index (χ3n) is 6.30. The highest BCUT2D eigenvalue weighted by molar-refractivity contribution is 6.04. The lowest BCUT2D eigenvalue weighted by molar-refractivity contribution is 0.258. The summed E-state index contributed by atoms with van der Waals surface area (Å²) >= 11 is 0. The summed E-state index contributed by atoms with van der Waals surface area (Å²) in [6.45, 7) is 12.7. The number of H-pyrrole nitrogens is 1. The van der Waals surface area contributed by atoms with Gasteiger partial charge in [0.05, 0.1) is 11.4 Å². The Bertz CT molecular complexity index is 1340. The number of amides is 2. The van der Waals surface area contributed by atoms with Crippen LogP contribution in [0.1, 0.15) is 33.3 Å². The Labute approximate surface area is 225 Å². The van der Waals surface area contributed by atoms with E-state index < -0.39 is 0 Å². The van der Waals surface area contributed by atoms with Crippen LogP contribution >= 0.6 is 0 Å². The fourth-order valence-corrected chi connectivity index (χ4v) is 4.52. The maximum atomic E-state index is 13.5. The van der Waals surface area contributed by atoms with Gasteiger partial charge >= 0.3 is 6.03 Å². The third-order valence-corrected chi connectivity index (χ3v) is 6.30. The van der Waals surface area contributed by atoms with Crippen LogP contribution in [0, 0.1) is 18.8 Å². The van der Waals surface area contributed by atoms with Crippen molar-refractivity contribution in [2.75, 3.05) is 35.3 Å². The van der Waals surface area contributed by atoms with Crippen LogP contribution in [0.15, 0.2) is 66.7 Å². The highest BCUT2D eigenvalue weighted by atomic mass is 16.2. The first-order chi connectivity index (χ1) is 18.2. The van der Waals surface area contributed by atoms with Gasteiger partial charge in [0.25, 0.3) is 0 Å². The van der Waals surface area contributed by atoms with Crippen molar-refractivity contribution in [3.05, 3.63) is 72.3 Å². The van der Waals surface area contributed by atoms with Gasteiger partial charge in [-0.3, -0.25) is 4.90 Å². The zero-order valence-corrected chi connectivity index (χ0v) is 23.1. The Kier molecular flexibility index (Phi) is 8.41. The molecule has 198 valence electrons. The highest BCUT2D eigenvalue weighted by Crippen LogP contribution is 2.36. The zero-order chi connectivity index (χ0) is 27.2. The molecule has 4 aromatic rings. The third kappa shape index (κ3) is 6.37. The van der Waals surface area contributed by atoms with E-state index in [1.807, 2.05) is 61.5 Å². The van der Waals surface area contributed by atoms with Crippen LogP contribution in [0.4, 0.5) is 21.9 Å². The molecule has 0 aliphatic rings. The molecule has 1 heterocycles. The standard InChI is InChI=1S/C30H37N7O/c1-20(2)18-37(19-21(3)4)28-16-13-23(25-9-7-8-10-26(25)29-32-34-35-33-29)17-27(28)31-30(38)36(6)24-14-11-22(5)12-15-24/h7-17,20-21H,18-19H2,1-6H3,(H,31,38)(H,32,33,34,35). The summed E-state index contributed by atoms with van der Waals surface area (Å²) in [6, 6.07) is 21.9. The molecule has 0 saturated heterocycles. The maximum absolute atomic E-state index is 13.5. The molecule has 2 amide bonds. The summed E-state index contributed by atoms with van der Waals surface area (Å²) in [5.41, 5.74) is 6.52. The summed E-state index contributed by atoms with van der Waals surface area (Å²) in [7, 11) is 1.79. The molecule has 0 radical (unpaired) electrons. The van der Waals surface area contributed by atoms with Crippen LogP contribution in [-0.4, -0.2) is 46.8 Å². The predicted octanol–water partition coefficient (Wildman–Crippen LogP) is 6.63. The van der Waals surface area contributed by atoms with Gasteiger partial charge in [-0.2, -0.15) is 5.21 Å². The van der Waals surface area contributed by atoms with Gasteiger partial charge in [-0.15, -0.1) is 10.2 Å². The molecule has 1 aromatic heterocycles. The van der Waals surface area contributed by atoms with Crippen molar-refractivity contribution in [3.8, 4) is 22.5 Å². The number of anilines is 3. The molecule has 0 aliphatic heterocycles. The van der Waals surface area contributed by atoms with Crippen LogP contribution in [0.5, 0.6) is 0 Å². The van der Waals surface area contributed by atoms with Gasteiger partial charge in [-0.05, 0) is 59.4 Å². The van der Waals surface area contributed by atoms with E-state index in [0.717, 1.165) is 52.4 Å². The van der Waals surface area contributed by atoms with E-state index in [4.69, 9.17) is 0 Å². The minimum atomic E-state index is -0.201. The fourth-order valence-electron chi connectivity index (χ4n) is 4.52. The van der Waals surface area contributed by atoms with Crippen molar-refractivity contribution in [2.24, 2.45) is 11.8 Å². The number of carbonyl (C=O) groups is 1. The molecule has 0 bridgehead atoms. The van der Waals surface area contributed by atoms with Gasteiger partial charge in [0.2, 0.25) is 5.82 Å². The Hall–Kier alpha value is -4.20. The minimum Gasteiger partial charge on any atom is -0.369 e. The number of carbonyl (C=O) groups excluding carboxylic acids is 1. The summed E-state index contributed by atoms with van der Waals surface area (Å²) < 4.78 is 0. The molecule has 3 aromatic carbocycles. The van der Waals surface area contributed by atoms with Crippen molar-refractivity contribution >= 4 is 23.1 Å². The van der Waals surface area contributed by atoms with Crippen LogP contribution in [0.2, 0.25) is 0 Å². The number of urea groups is 1. The first-order valence-corrected chi connectivity index (χ1v) is 13.1. The Morgan fingerprint density at radius 2 is 1.58 bits per heavy atom. The van der Waals surface area contributed by atoms with Gasteiger partial charge in [0.15, 0.2) is 0 Å². The molecule has 0 fully saturated rings. The lowest BCUT2D eigenvalue weighted by Gasteiger charge is -2.31. The Morgan fingerprint density at radius 1 is 0.921 bits per heavy atom. The summed E-state index contributed by atoms with van der Waals surface area (Å²) in [4.78, 5) is 17.5. The van der Waals surface area contributed by atoms with Crippen molar-refractivity contribution in [1.82, 2.24) is 20.6 Å². The smallest absolute Gasteiger partial charge is 0.326 e. The molecule has 8 nitrogen and oxygen atoms in total. The number of hydrogen-bond donors (Lipinski definition) is 2. The number of aromatic amines is 1. The Morgan fingerprint density at radius 3 is 2.18 bits per heavy atom. The lowest BCUT2D eigenvalue weighted by Crippen LogP contribution is -2.34. The molecule has 0 spiro atoms. The van der Waals surface area contributed by atoms with Crippen molar-refractivity contribution in [3.63, 3.8) is 0 Å². The number of benzene rings is 3. The van der Waals surface area contributed by atoms with Gasteiger partial charge in [0.1, 0.15) is 0 Å². The largest absolute Gasteiger partial charge is 0.369 e. The van der Waals surface area contributed by atoms with Gasteiger partial charge in [-0.25, -0.2) is 4.79 Å². The van der Waals surface area contributed by atoms with E-state index in [2.05, 4.69) is 70.7 Å². The maximum Gasteiger partial charge on any atom is 0.326 e. The topological polar surface area (TPSA) is 90.0 Å². The number of aromatic nitrogens is 4. The first kappa shape index (κ1) is 26.9. The minimum absolute atomic E-state index is 0.201. The lowest BCUT2D eigenvalue weighted by atomic mass is 9.97. The van der Waals surface area contributed by atoms with E-state index in [9.17, 15) is 4.79 Å². The van der Waals surface area contributed by atoms with Crippen molar-refractivity contribution < 1.29 is 4.79 Å². The fraction of sp³-hybridized carbons (Fsp3) is 0.333. The SMILES string of the molecule is Cc1ccc(N(C)C(=O)Nc2cc(-c3ccccc3-c3nn[nH]n3)ccc2N(CC(C)C)CC(C)C)cc1. The monoisotopic (exact) mass is 511 g/mol. The normalized spacial score (nSPS) is 11.2.